The van der Waals surface area contributed by atoms with E-state index in [9.17, 15) is 14.4 Å². The highest BCUT2D eigenvalue weighted by Crippen LogP contribution is 2.11. The molecule has 0 fully saturated rings. The SMILES string of the molecule is CCCCCc1ccc(C(=O)CCC(=O)N[C@H](C)C(=O)O)cc1. The zero-order valence-electron chi connectivity index (χ0n) is 13.8. The van der Waals surface area contributed by atoms with Gasteiger partial charge >= 0.3 is 5.97 Å². The molecule has 5 nitrogen and oxygen atoms in total. The second-order valence-electron chi connectivity index (χ2n) is 5.70. The van der Waals surface area contributed by atoms with Crippen LogP contribution in [0.5, 0.6) is 0 Å². The largest absolute Gasteiger partial charge is 0.480 e. The molecule has 0 radical (unpaired) electrons. The number of hydrogen-bond donors (Lipinski definition) is 2. The lowest BCUT2D eigenvalue weighted by Crippen LogP contribution is -2.38. The Labute approximate surface area is 137 Å². The van der Waals surface area contributed by atoms with E-state index in [0.29, 0.717) is 5.56 Å². The molecule has 0 spiro atoms. The maximum Gasteiger partial charge on any atom is 0.325 e. The smallest absolute Gasteiger partial charge is 0.325 e. The van der Waals surface area contributed by atoms with E-state index in [1.165, 1.54) is 25.3 Å². The van der Waals surface area contributed by atoms with Crippen molar-refractivity contribution in [1.82, 2.24) is 5.32 Å². The van der Waals surface area contributed by atoms with Gasteiger partial charge in [0.15, 0.2) is 5.78 Å². The predicted molar refractivity (Wildman–Crippen MR) is 88.5 cm³/mol. The fraction of sp³-hybridized carbons (Fsp3) is 0.500. The van der Waals surface area contributed by atoms with E-state index in [2.05, 4.69) is 12.2 Å². The molecule has 126 valence electrons. The van der Waals surface area contributed by atoms with Gasteiger partial charge in [0, 0.05) is 18.4 Å². The lowest BCUT2D eigenvalue weighted by Gasteiger charge is -2.09. The summed E-state index contributed by atoms with van der Waals surface area (Å²) in [5, 5.41) is 11.0. The van der Waals surface area contributed by atoms with Gasteiger partial charge in [-0.3, -0.25) is 14.4 Å². The van der Waals surface area contributed by atoms with Crippen molar-refractivity contribution in [1.29, 1.82) is 0 Å². The van der Waals surface area contributed by atoms with Crippen molar-refractivity contribution in [2.24, 2.45) is 0 Å². The highest BCUT2D eigenvalue weighted by molar-refractivity contribution is 5.98. The number of Topliss-reactive ketones (excluding diaryl/α,β-unsaturated/α-hetero) is 1. The first-order valence-corrected chi connectivity index (χ1v) is 8.08. The second kappa shape index (κ2) is 9.77. The molecule has 0 aliphatic rings. The molecule has 0 unspecified atom stereocenters. The standard InChI is InChI=1S/C18H25NO4/c1-3-4-5-6-14-7-9-15(10-8-14)16(20)11-12-17(21)19-13(2)18(22)23/h7-10,13H,3-6,11-12H2,1-2H3,(H,19,21)(H,22,23)/t13-/m1/s1. The Hall–Kier alpha value is -2.17. The maximum absolute atomic E-state index is 12.0. The van der Waals surface area contributed by atoms with Gasteiger partial charge in [-0.25, -0.2) is 0 Å². The van der Waals surface area contributed by atoms with Crippen LogP contribution in [0.4, 0.5) is 0 Å². The summed E-state index contributed by atoms with van der Waals surface area (Å²) in [6, 6.07) is 6.55. The number of carboxylic acids is 1. The molecule has 0 aliphatic carbocycles. The molecule has 0 saturated heterocycles. The molecule has 1 amide bonds. The van der Waals surface area contributed by atoms with E-state index < -0.39 is 17.9 Å². The molecule has 2 N–H and O–H groups in total. The number of benzene rings is 1. The fourth-order valence-corrected chi connectivity index (χ4v) is 2.18. The minimum atomic E-state index is -1.09. The van der Waals surface area contributed by atoms with Gasteiger partial charge in [-0.1, -0.05) is 44.0 Å². The van der Waals surface area contributed by atoms with Crippen LogP contribution in [0, 0.1) is 0 Å². The third-order valence-corrected chi connectivity index (χ3v) is 3.67. The van der Waals surface area contributed by atoms with Crippen molar-refractivity contribution in [3.8, 4) is 0 Å². The number of nitrogens with one attached hydrogen (secondary N) is 1. The summed E-state index contributed by atoms with van der Waals surface area (Å²) in [6.45, 7) is 3.55. The molecule has 1 rings (SSSR count). The minimum absolute atomic E-state index is 0.00525. The van der Waals surface area contributed by atoms with Gasteiger partial charge in [0.1, 0.15) is 6.04 Å². The van der Waals surface area contributed by atoms with Crippen LogP contribution >= 0.6 is 0 Å². The molecule has 1 atom stereocenters. The first-order chi connectivity index (χ1) is 10.9. The quantitative estimate of drug-likeness (QED) is 0.513. The molecular weight excluding hydrogens is 294 g/mol. The Morgan fingerprint density at radius 1 is 1.09 bits per heavy atom. The monoisotopic (exact) mass is 319 g/mol. The molecule has 5 heteroatoms. The number of unbranched alkanes of at least 4 members (excludes halogenated alkanes) is 2. The van der Waals surface area contributed by atoms with Gasteiger partial charge in [-0.05, 0) is 25.3 Å². The van der Waals surface area contributed by atoms with Gasteiger partial charge in [-0.2, -0.15) is 0 Å². The zero-order valence-corrected chi connectivity index (χ0v) is 13.8. The first kappa shape index (κ1) is 18.9. The van der Waals surface area contributed by atoms with Crippen LogP contribution in [0.15, 0.2) is 24.3 Å². The number of aliphatic carboxylic acids is 1. The van der Waals surface area contributed by atoms with E-state index in [1.54, 1.807) is 12.1 Å². The molecule has 1 aromatic carbocycles. The van der Waals surface area contributed by atoms with Crippen LogP contribution in [-0.4, -0.2) is 28.8 Å². The number of amides is 1. The average Bonchev–Trinajstić information content (AvgIpc) is 2.53. The van der Waals surface area contributed by atoms with Crippen molar-refractivity contribution in [2.45, 2.75) is 58.4 Å². The lowest BCUT2D eigenvalue weighted by molar-refractivity contribution is -0.141. The molecule has 23 heavy (non-hydrogen) atoms. The number of carbonyl (C=O) groups is 3. The summed E-state index contributed by atoms with van der Waals surface area (Å²) < 4.78 is 0. The predicted octanol–water partition coefficient (Wildman–Crippen LogP) is 2.97. The van der Waals surface area contributed by atoms with Crippen LogP contribution in [0.2, 0.25) is 0 Å². The van der Waals surface area contributed by atoms with Crippen molar-refractivity contribution in [3.63, 3.8) is 0 Å². The van der Waals surface area contributed by atoms with E-state index in [1.807, 2.05) is 12.1 Å². The van der Waals surface area contributed by atoms with Crippen molar-refractivity contribution < 1.29 is 19.5 Å². The number of hydrogen-bond acceptors (Lipinski definition) is 3. The Morgan fingerprint density at radius 2 is 1.74 bits per heavy atom. The summed E-state index contributed by atoms with van der Waals surface area (Å²) >= 11 is 0. The van der Waals surface area contributed by atoms with Crippen LogP contribution in [0.25, 0.3) is 0 Å². The van der Waals surface area contributed by atoms with Crippen molar-refractivity contribution >= 4 is 17.7 Å². The molecular formula is C18H25NO4. The van der Waals surface area contributed by atoms with Crippen LogP contribution < -0.4 is 5.32 Å². The van der Waals surface area contributed by atoms with Gasteiger partial charge in [0.2, 0.25) is 5.91 Å². The highest BCUT2D eigenvalue weighted by Gasteiger charge is 2.15. The second-order valence-corrected chi connectivity index (χ2v) is 5.70. The van der Waals surface area contributed by atoms with Crippen LogP contribution in [0.1, 0.15) is 61.9 Å². The summed E-state index contributed by atoms with van der Waals surface area (Å²) in [4.78, 5) is 34.3. The maximum atomic E-state index is 12.0. The number of carbonyl (C=O) groups excluding carboxylic acids is 2. The average molecular weight is 319 g/mol. The summed E-state index contributed by atoms with van der Waals surface area (Å²) in [7, 11) is 0. The normalized spacial score (nSPS) is 11.7. The van der Waals surface area contributed by atoms with E-state index in [0.717, 1.165) is 12.8 Å². The number of carboxylic acid groups (broad SMARTS) is 1. The third-order valence-electron chi connectivity index (χ3n) is 3.67. The van der Waals surface area contributed by atoms with Gasteiger partial charge < -0.3 is 10.4 Å². The number of aryl methyl sites for hydroxylation is 1. The first-order valence-electron chi connectivity index (χ1n) is 8.08. The molecule has 0 bridgehead atoms. The summed E-state index contributed by atoms with van der Waals surface area (Å²) in [6.07, 6.45) is 4.61. The fourth-order valence-electron chi connectivity index (χ4n) is 2.18. The van der Waals surface area contributed by atoms with Crippen molar-refractivity contribution in [2.75, 3.05) is 0 Å². The number of rotatable bonds is 10. The Bertz CT molecular complexity index is 536. The molecule has 0 aliphatic heterocycles. The Kier molecular flexibility index (Phi) is 8.02. The topological polar surface area (TPSA) is 83.5 Å². The molecule has 0 heterocycles. The van der Waals surface area contributed by atoms with E-state index in [-0.39, 0.29) is 18.6 Å². The Morgan fingerprint density at radius 3 is 2.30 bits per heavy atom. The van der Waals surface area contributed by atoms with Gasteiger partial charge in [0.05, 0.1) is 0 Å². The van der Waals surface area contributed by atoms with Gasteiger partial charge in [0.25, 0.3) is 0 Å². The Balaban J connectivity index is 2.42. The lowest BCUT2D eigenvalue weighted by atomic mass is 10.0. The van der Waals surface area contributed by atoms with Crippen molar-refractivity contribution in [3.05, 3.63) is 35.4 Å². The molecule has 1 aromatic rings. The van der Waals surface area contributed by atoms with Gasteiger partial charge in [-0.15, -0.1) is 0 Å². The highest BCUT2D eigenvalue weighted by atomic mass is 16.4. The summed E-state index contributed by atoms with van der Waals surface area (Å²) in [5.41, 5.74) is 1.80. The molecule has 0 aromatic heterocycles. The minimum Gasteiger partial charge on any atom is -0.480 e. The van der Waals surface area contributed by atoms with Crippen LogP contribution in [-0.2, 0) is 16.0 Å². The third kappa shape index (κ3) is 7.08. The van der Waals surface area contributed by atoms with E-state index >= 15 is 0 Å². The van der Waals surface area contributed by atoms with E-state index in [4.69, 9.17) is 5.11 Å². The van der Waals surface area contributed by atoms with Crippen LogP contribution in [0.3, 0.4) is 0 Å². The number of ketones is 1. The molecule has 0 saturated carbocycles. The summed E-state index contributed by atoms with van der Waals surface area (Å²) in [5.74, 6) is -1.63. The zero-order chi connectivity index (χ0) is 17.2.